The Kier molecular flexibility index (Phi) is 4.43. The molecule has 3 heterocycles. The molecule has 5 nitrogen and oxygen atoms in total. The Labute approximate surface area is 161 Å². The number of carbonyl (C=O) groups is 2. The standard InChI is InChI=1S/C20H22BrNO4/c1-3-10-25-19(24)16-15-8-9-20(26-15)11-22(18(23)17(16)20)12(2)13-4-6-14(21)7-5-13/h4-9,12,15-17H,3,10-11H2,1-2H3/t12?,15-,16?,17-,20?/m1/s1. The van der Waals surface area contributed by atoms with Gasteiger partial charge in [0.15, 0.2) is 0 Å². The average molecular weight is 420 g/mol. The number of esters is 1. The first-order valence-electron chi connectivity index (χ1n) is 9.06. The number of carbonyl (C=O) groups excluding carboxylic acids is 2. The van der Waals surface area contributed by atoms with E-state index in [4.69, 9.17) is 9.47 Å². The molecule has 6 heteroatoms. The number of amides is 1. The largest absolute Gasteiger partial charge is 0.465 e. The van der Waals surface area contributed by atoms with Gasteiger partial charge >= 0.3 is 5.97 Å². The Hall–Kier alpha value is -1.66. The molecule has 2 saturated heterocycles. The van der Waals surface area contributed by atoms with E-state index in [-0.39, 0.29) is 24.0 Å². The lowest BCUT2D eigenvalue weighted by Gasteiger charge is -2.27. The highest BCUT2D eigenvalue weighted by Gasteiger charge is 2.67. The highest BCUT2D eigenvalue weighted by Crippen LogP contribution is 2.53. The molecule has 3 aliphatic heterocycles. The molecule has 5 atom stereocenters. The highest BCUT2D eigenvalue weighted by atomic mass is 79.9. The van der Waals surface area contributed by atoms with Gasteiger partial charge in [-0.1, -0.05) is 47.1 Å². The summed E-state index contributed by atoms with van der Waals surface area (Å²) in [5.41, 5.74) is 0.364. The van der Waals surface area contributed by atoms with Crippen LogP contribution < -0.4 is 0 Å². The van der Waals surface area contributed by atoms with Gasteiger partial charge in [0, 0.05) is 4.47 Å². The lowest BCUT2D eigenvalue weighted by atomic mass is 9.77. The monoisotopic (exact) mass is 419 g/mol. The minimum atomic E-state index is -0.693. The topological polar surface area (TPSA) is 55.8 Å². The molecule has 3 unspecified atom stereocenters. The Morgan fingerprint density at radius 1 is 1.42 bits per heavy atom. The molecule has 0 radical (unpaired) electrons. The first kappa shape index (κ1) is 17.7. The van der Waals surface area contributed by atoms with Crippen molar-refractivity contribution in [2.75, 3.05) is 13.2 Å². The SMILES string of the molecule is CCCOC(=O)C1[C@H]2C=CC3(CN(C(C)c4ccc(Br)cc4)C(=O)[C@@H]13)O2. The molecule has 0 N–H and O–H groups in total. The zero-order valence-corrected chi connectivity index (χ0v) is 16.4. The van der Waals surface area contributed by atoms with Gasteiger partial charge < -0.3 is 14.4 Å². The van der Waals surface area contributed by atoms with Crippen molar-refractivity contribution in [3.8, 4) is 0 Å². The number of hydrogen-bond acceptors (Lipinski definition) is 4. The molecule has 1 spiro atoms. The predicted octanol–water partition coefficient (Wildman–Crippen LogP) is 3.25. The van der Waals surface area contributed by atoms with Crippen molar-refractivity contribution in [2.45, 2.75) is 38.0 Å². The van der Waals surface area contributed by atoms with Gasteiger partial charge in [0.25, 0.3) is 0 Å². The van der Waals surface area contributed by atoms with E-state index in [0.717, 1.165) is 16.5 Å². The van der Waals surface area contributed by atoms with E-state index in [0.29, 0.717) is 13.2 Å². The second kappa shape index (κ2) is 6.50. The Morgan fingerprint density at radius 2 is 2.15 bits per heavy atom. The fourth-order valence-corrected chi connectivity index (χ4v) is 4.61. The van der Waals surface area contributed by atoms with Gasteiger partial charge in [0.1, 0.15) is 11.5 Å². The summed E-state index contributed by atoms with van der Waals surface area (Å²) in [5, 5.41) is 0. The number of ether oxygens (including phenoxy) is 2. The van der Waals surface area contributed by atoms with Gasteiger partial charge in [-0.05, 0) is 31.0 Å². The van der Waals surface area contributed by atoms with E-state index < -0.39 is 17.4 Å². The number of fused-ring (bicyclic) bond motifs is 1. The lowest BCUT2D eigenvalue weighted by molar-refractivity contribution is -0.154. The van der Waals surface area contributed by atoms with Crippen LogP contribution in [-0.2, 0) is 19.1 Å². The molecule has 0 saturated carbocycles. The number of nitrogens with zero attached hydrogens (tertiary/aromatic N) is 1. The number of likely N-dealkylation sites (tertiary alicyclic amines) is 1. The lowest BCUT2D eigenvalue weighted by Crippen LogP contribution is -2.40. The average Bonchev–Trinajstić information content (AvgIpc) is 3.28. The van der Waals surface area contributed by atoms with Gasteiger partial charge in [-0.25, -0.2) is 0 Å². The van der Waals surface area contributed by atoms with Crippen molar-refractivity contribution in [2.24, 2.45) is 11.8 Å². The van der Waals surface area contributed by atoms with Crippen LogP contribution in [0.15, 0.2) is 40.9 Å². The summed E-state index contributed by atoms with van der Waals surface area (Å²) in [5.74, 6) is -1.37. The first-order valence-corrected chi connectivity index (χ1v) is 9.86. The Morgan fingerprint density at radius 3 is 2.85 bits per heavy atom. The van der Waals surface area contributed by atoms with Crippen molar-refractivity contribution in [3.05, 3.63) is 46.5 Å². The molecule has 2 fully saturated rings. The quantitative estimate of drug-likeness (QED) is 0.542. The van der Waals surface area contributed by atoms with Crippen molar-refractivity contribution in [1.29, 1.82) is 0 Å². The summed E-state index contributed by atoms with van der Waals surface area (Å²) >= 11 is 3.44. The number of halogens is 1. The molecule has 1 aromatic rings. The van der Waals surface area contributed by atoms with Crippen molar-refractivity contribution in [3.63, 3.8) is 0 Å². The molecule has 138 valence electrons. The van der Waals surface area contributed by atoms with Gasteiger partial charge in [-0.15, -0.1) is 0 Å². The molecule has 1 aromatic carbocycles. The van der Waals surface area contributed by atoms with Crippen LogP contribution in [0.1, 0.15) is 31.9 Å². The summed E-state index contributed by atoms with van der Waals surface area (Å²) in [6.07, 6.45) is 4.29. The van der Waals surface area contributed by atoms with Gasteiger partial charge in [0.05, 0.1) is 31.2 Å². The van der Waals surface area contributed by atoms with E-state index in [2.05, 4.69) is 15.9 Å². The molecule has 4 rings (SSSR count). The maximum absolute atomic E-state index is 13.2. The molecule has 26 heavy (non-hydrogen) atoms. The molecule has 0 aliphatic carbocycles. The van der Waals surface area contributed by atoms with E-state index in [1.165, 1.54) is 0 Å². The predicted molar refractivity (Wildman–Crippen MR) is 99.2 cm³/mol. The maximum atomic E-state index is 13.2. The Bertz CT molecular complexity index is 762. The van der Waals surface area contributed by atoms with Crippen molar-refractivity contribution < 1.29 is 19.1 Å². The van der Waals surface area contributed by atoms with Crippen LogP contribution in [0.25, 0.3) is 0 Å². The fourth-order valence-electron chi connectivity index (χ4n) is 4.35. The van der Waals surface area contributed by atoms with Crippen LogP contribution in [-0.4, -0.2) is 41.6 Å². The minimum Gasteiger partial charge on any atom is -0.465 e. The van der Waals surface area contributed by atoms with Crippen LogP contribution in [0.5, 0.6) is 0 Å². The Balaban J connectivity index is 1.59. The smallest absolute Gasteiger partial charge is 0.312 e. The maximum Gasteiger partial charge on any atom is 0.312 e. The zero-order chi connectivity index (χ0) is 18.5. The minimum absolute atomic E-state index is 0.0225. The molecular formula is C20H22BrNO4. The third-order valence-corrected chi connectivity index (χ3v) is 6.20. The second-order valence-corrected chi connectivity index (χ2v) is 8.18. The number of rotatable bonds is 5. The van der Waals surface area contributed by atoms with Gasteiger partial charge in [-0.2, -0.15) is 0 Å². The summed E-state index contributed by atoms with van der Waals surface area (Å²) in [4.78, 5) is 27.6. The van der Waals surface area contributed by atoms with Crippen molar-refractivity contribution >= 4 is 27.8 Å². The third-order valence-electron chi connectivity index (χ3n) is 5.67. The van der Waals surface area contributed by atoms with E-state index in [1.54, 1.807) is 0 Å². The van der Waals surface area contributed by atoms with E-state index >= 15 is 0 Å². The third kappa shape index (κ3) is 2.62. The summed E-state index contributed by atoms with van der Waals surface area (Å²) < 4.78 is 12.5. The first-order chi connectivity index (χ1) is 12.5. The summed E-state index contributed by atoms with van der Waals surface area (Å²) in [7, 11) is 0. The normalized spacial score (nSPS) is 32.8. The van der Waals surface area contributed by atoms with Crippen molar-refractivity contribution in [1.82, 2.24) is 4.90 Å². The molecule has 3 aliphatic rings. The zero-order valence-electron chi connectivity index (χ0n) is 14.9. The van der Waals surface area contributed by atoms with E-state index in [1.807, 2.05) is 55.2 Å². The molecule has 0 aromatic heterocycles. The molecule has 1 amide bonds. The summed E-state index contributed by atoms with van der Waals surface area (Å²) in [6, 6.07) is 7.87. The van der Waals surface area contributed by atoms with Crippen LogP contribution in [0.3, 0.4) is 0 Å². The van der Waals surface area contributed by atoms with Crippen LogP contribution in [0, 0.1) is 11.8 Å². The highest BCUT2D eigenvalue weighted by molar-refractivity contribution is 9.10. The van der Waals surface area contributed by atoms with Gasteiger partial charge in [0.2, 0.25) is 5.91 Å². The molecular weight excluding hydrogens is 398 g/mol. The van der Waals surface area contributed by atoms with Crippen LogP contribution >= 0.6 is 15.9 Å². The van der Waals surface area contributed by atoms with Crippen LogP contribution in [0.4, 0.5) is 0 Å². The fraction of sp³-hybridized carbons (Fsp3) is 0.500. The van der Waals surface area contributed by atoms with E-state index in [9.17, 15) is 9.59 Å². The number of hydrogen-bond donors (Lipinski definition) is 0. The second-order valence-electron chi connectivity index (χ2n) is 7.26. The van der Waals surface area contributed by atoms with Gasteiger partial charge in [-0.3, -0.25) is 9.59 Å². The van der Waals surface area contributed by atoms with Crippen LogP contribution in [0.2, 0.25) is 0 Å². The number of benzene rings is 1. The summed E-state index contributed by atoms with van der Waals surface area (Å²) in [6.45, 7) is 4.81. The molecule has 2 bridgehead atoms.